The van der Waals surface area contributed by atoms with Gasteiger partial charge in [0.25, 0.3) is 0 Å². The molecule has 26 heavy (non-hydrogen) atoms. The molecule has 0 saturated carbocycles. The normalized spacial score (nSPS) is 26.7. The minimum atomic E-state index is -0.190. The van der Waals surface area contributed by atoms with Crippen molar-refractivity contribution >= 4 is 17.7 Å². The Morgan fingerprint density at radius 3 is 2.15 bits per heavy atom. The Morgan fingerprint density at radius 1 is 1.04 bits per heavy atom. The van der Waals surface area contributed by atoms with Gasteiger partial charge >= 0.3 is 0 Å². The monoisotopic (exact) mass is 352 g/mol. The van der Waals surface area contributed by atoms with E-state index in [-0.39, 0.29) is 41.5 Å². The number of hydrogen-bond acceptors (Lipinski definition) is 3. The highest BCUT2D eigenvalue weighted by molar-refractivity contribution is 6.06. The van der Waals surface area contributed by atoms with Gasteiger partial charge < -0.3 is 4.90 Å². The summed E-state index contributed by atoms with van der Waals surface area (Å²) in [5.41, 5.74) is 1.02. The van der Waals surface area contributed by atoms with Gasteiger partial charge in [0.1, 0.15) is 0 Å². The van der Waals surface area contributed by atoms with Crippen molar-refractivity contribution in [3.63, 3.8) is 0 Å². The van der Waals surface area contributed by atoms with Gasteiger partial charge in [0.15, 0.2) is 0 Å². The van der Waals surface area contributed by atoms with Crippen molar-refractivity contribution in [1.82, 2.24) is 9.80 Å². The predicted octanol–water partition coefficient (Wildman–Crippen LogP) is 2.34. The molecule has 0 aromatic heterocycles. The van der Waals surface area contributed by atoms with Gasteiger partial charge in [-0.15, -0.1) is 0 Å². The number of allylic oxidation sites excluding steroid dienone is 2. The van der Waals surface area contributed by atoms with Crippen LogP contribution < -0.4 is 0 Å². The second kappa shape index (κ2) is 6.71. The van der Waals surface area contributed by atoms with E-state index < -0.39 is 0 Å². The summed E-state index contributed by atoms with van der Waals surface area (Å²) in [6.07, 6.45) is 6.05. The van der Waals surface area contributed by atoms with Crippen LogP contribution in [0.1, 0.15) is 37.7 Å². The molecule has 3 aliphatic rings. The molecule has 4 rings (SSSR count). The number of nitrogens with zero attached hydrogens (tertiary/aromatic N) is 2. The lowest BCUT2D eigenvalue weighted by molar-refractivity contribution is -0.153. The Labute approximate surface area is 153 Å². The highest BCUT2D eigenvalue weighted by atomic mass is 16.2. The molecule has 2 aliphatic heterocycles. The first-order valence-electron chi connectivity index (χ1n) is 9.47. The standard InChI is InChI=1S/C21H24N2O3/c1-2-16(14-8-4-3-5-9-14)19(24)22-12-15(13-22)23-20(25)17-10-6-7-11-18(17)21(23)26/h3-9,15-18H,2,10-13H2,1H3. The van der Waals surface area contributed by atoms with E-state index in [0.717, 1.165) is 12.0 Å². The molecule has 5 heteroatoms. The van der Waals surface area contributed by atoms with E-state index in [1.807, 2.05) is 49.4 Å². The van der Waals surface area contributed by atoms with Crippen molar-refractivity contribution in [2.45, 2.75) is 38.1 Å². The zero-order valence-electron chi connectivity index (χ0n) is 15.0. The summed E-state index contributed by atoms with van der Waals surface area (Å²) in [6, 6.07) is 9.64. The number of benzene rings is 1. The molecular weight excluding hydrogens is 328 g/mol. The van der Waals surface area contributed by atoms with Crippen LogP contribution in [0.3, 0.4) is 0 Å². The number of likely N-dealkylation sites (tertiary alicyclic amines) is 2. The molecule has 1 aromatic rings. The number of rotatable bonds is 4. The summed E-state index contributed by atoms with van der Waals surface area (Å²) in [7, 11) is 0. The van der Waals surface area contributed by atoms with Crippen LogP contribution in [0.25, 0.3) is 0 Å². The molecule has 3 atom stereocenters. The minimum absolute atomic E-state index is 0.0449. The van der Waals surface area contributed by atoms with Crippen molar-refractivity contribution in [1.29, 1.82) is 0 Å². The summed E-state index contributed by atoms with van der Waals surface area (Å²) in [4.78, 5) is 41.4. The third kappa shape index (κ3) is 2.66. The Morgan fingerprint density at radius 2 is 1.62 bits per heavy atom. The maximum atomic E-state index is 12.9. The van der Waals surface area contributed by atoms with E-state index in [2.05, 4.69) is 0 Å². The van der Waals surface area contributed by atoms with E-state index in [4.69, 9.17) is 0 Å². The van der Waals surface area contributed by atoms with Gasteiger partial charge in [-0.2, -0.15) is 0 Å². The smallest absolute Gasteiger partial charge is 0.233 e. The Kier molecular flexibility index (Phi) is 4.39. The summed E-state index contributed by atoms with van der Waals surface area (Å²) in [5.74, 6) is -0.537. The van der Waals surface area contributed by atoms with Crippen LogP contribution in [0, 0.1) is 11.8 Å². The molecule has 0 bridgehead atoms. The Hall–Kier alpha value is -2.43. The number of imide groups is 1. The van der Waals surface area contributed by atoms with Gasteiger partial charge in [-0.05, 0) is 24.8 Å². The fourth-order valence-corrected chi connectivity index (χ4v) is 4.44. The second-order valence-corrected chi connectivity index (χ2v) is 7.47. The lowest BCUT2D eigenvalue weighted by Gasteiger charge is -2.44. The number of amides is 3. The van der Waals surface area contributed by atoms with Crippen LogP contribution in [0.5, 0.6) is 0 Å². The van der Waals surface area contributed by atoms with Gasteiger partial charge in [-0.25, -0.2) is 0 Å². The molecule has 3 amide bonds. The van der Waals surface area contributed by atoms with Crippen molar-refractivity contribution in [2.24, 2.45) is 11.8 Å². The summed E-state index contributed by atoms with van der Waals surface area (Å²) >= 11 is 0. The predicted molar refractivity (Wildman–Crippen MR) is 97.0 cm³/mol. The van der Waals surface area contributed by atoms with E-state index in [0.29, 0.717) is 25.9 Å². The topological polar surface area (TPSA) is 57.7 Å². The molecule has 2 fully saturated rings. The van der Waals surface area contributed by atoms with E-state index in [1.54, 1.807) is 4.90 Å². The summed E-state index contributed by atoms with van der Waals surface area (Å²) in [6.45, 7) is 2.94. The molecule has 1 aliphatic carbocycles. The van der Waals surface area contributed by atoms with Crippen LogP contribution >= 0.6 is 0 Å². The summed E-state index contributed by atoms with van der Waals surface area (Å²) < 4.78 is 0. The average molecular weight is 352 g/mol. The van der Waals surface area contributed by atoms with Gasteiger partial charge in [0, 0.05) is 13.1 Å². The fourth-order valence-electron chi connectivity index (χ4n) is 4.44. The van der Waals surface area contributed by atoms with Gasteiger partial charge in [-0.1, -0.05) is 49.4 Å². The maximum absolute atomic E-state index is 12.9. The van der Waals surface area contributed by atoms with Crippen LogP contribution in [-0.4, -0.2) is 46.7 Å². The molecule has 2 saturated heterocycles. The lowest BCUT2D eigenvalue weighted by Crippen LogP contribution is -2.63. The number of carbonyl (C=O) groups is 3. The number of carbonyl (C=O) groups excluding carboxylic acids is 3. The molecular formula is C21H24N2O3. The molecule has 0 N–H and O–H groups in total. The third-order valence-corrected chi connectivity index (χ3v) is 5.99. The third-order valence-electron chi connectivity index (χ3n) is 5.99. The largest absolute Gasteiger partial charge is 0.338 e. The Bertz CT molecular complexity index is 726. The van der Waals surface area contributed by atoms with Gasteiger partial charge in [0.05, 0.1) is 23.8 Å². The highest BCUT2D eigenvalue weighted by Gasteiger charge is 2.52. The van der Waals surface area contributed by atoms with Gasteiger partial charge in [0.2, 0.25) is 17.7 Å². The minimum Gasteiger partial charge on any atom is -0.338 e. The quantitative estimate of drug-likeness (QED) is 0.617. The van der Waals surface area contributed by atoms with Crippen LogP contribution in [0.2, 0.25) is 0 Å². The van der Waals surface area contributed by atoms with Crippen LogP contribution in [0.4, 0.5) is 0 Å². The van der Waals surface area contributed by atoms with Crippen LogP contribution in [-0.2, 0) is 14.4 Å². The zero-order valence-corrected chi connectivity index (χ0v) is 15.0. The van der Waals surface area contributed by atoms with Gasteiger partial charge in [-0.3, -0.25) is 19.3 Å². The van der Waals surface area contributed by atoms with Crippen molar-refractivity contribution in [3.8, 4) is 0 Å². The molecule has 0 spiro atoms. The zero-order chi connectivity index (χ0) is 18.3. The lowest BCUT2D eigenvalue weighted by atomic mass is 9.85. The van der Waals surface area contributed by atoms with Crippen LogP contribution in [0.15, 0.2) is 42.5 Å². The van der Waals surface area contributed by atoms with Crippen molar-refractivity contribution in [3.05, 3.63) is 48.0 Å². The SMILES string of the molecule is CCC(C(=O)N1CC(N2C(=O)C3CC=CCC3C2=O)C1)c1ccccc1. The first kappa shape index (κ1) is 17.0. The molecule has 2 heterocycles. The highest BCUT2D eigenvalue weighted by Crippen LogP contribution is 2.38. The molecule has 136 valence electrons. The first-order valence-corrected chi connectivity index (χ1v) is 9.47. The molecule has 1 aromatic carbocycles. The average Bonchev–Trinajstić information content (AvgIpc) is 2.88. The molecule has 3 unspecified atom stereocenters. The van der Waals surface area contributed by atoms with E-state index in [1.165, 1.54) is 4.90 Å². The second-order valence-electron chi connectivity index (χ2n) is 7.47. The Balaban J connectivity index is 1.41. The van der Waals surface area contributed by atoms with Crippen molar-refractivity contribution in [2.75, 3.05) is 13.1 Å². The molecule has 5 nitrogen and oxygen atoms in total. The molecule has 0 radical (unpaired) electrons. The fraction of sp³-hybridized carbons (Fsp3) is 0.476. The van der Waals surface area contributed by atoms with E-state index in [9.17, 15) is 14.4 Å². The summed E-state index contributed by atoms with van der Waals surface area (Å²) in [5, 5.41) is 0. The maximum Gasteiger partial charge on any atom is 0.233 e. The number of hydrogen-bond donors (Lipinski definition) is 0. The van der Waals surface area contributed by atoms with E-state index >= 15 is 0 Å². The van der Waals surface area contributed by atoms with Crippen molar-refractivity contribution < 1.29 is 14.4 Å². The first-order chi connectivity index (χ1) is 12.6. The number of fused-ring (bicyclic) bond motifs is 1.